The molecule has 6 heteroatoms. The molecule has 0 saturated carbocycles. The Labute approximate surface area is 104 Å². The van der Waals surface area contributed by atoms with Crippen molar-refractivity contribution in [3.05, 3.63) is 24.3 Å². The second-order valence-electron chi connectivity index (χ2n) is 3.93. The molecule has 0 aliphatic rings. The molecule has 0 aliphatic carbocycles. The van der Waals surface area contributed by atoms with Crippen molar-refractivity contribution in [3.63, 3.8) is 0 Å². The van der Waals surface area contributed by atoms with E-state index in [4.69, 9.17) is 4.74 Å². The Hall–Kier alpha value is -1.43. The highest BCUT2D eigenvalue weighted by atomic mass is 19.4. The summed E-state index contributed by atoms with van der Waals surface area (Å²) in [6.45, 7) is 1.21. The zero-order chi connectivity index (χ0) is 13.6. The molecule has 0 heterocycles. The molecule has 0 fully saturated rings. The van der Waals surface area contributed by atoms with Gasteiger partial charge in [-0.2, -0.15) is 13.2 Å². The van der Waals surface area contributed by atoms with Crippen LogP contribution in [0, 0.1) is 0 Å². The van der Waals surface area contributed by atoms with Crippen LogP contribution in [0.5, 0.6) is 5.75 Å². The van der Waals surface area contributed by atoms with Crippen molar-refractivity contribution in [3.8, 4) is 5.75 Å². The van der Waals surface area contributed by atoms with Gasteiger partial charge in [-0.15, -0.1) is 0 Å². The maximum Gasteiger partial charge on any atom is 0.422 e. The molecule has 0 spiro atoms. The van der Waals surface area contributed by atoms with Crippen LogP contribution < -0.4 is 10.1 Å². The van der Waals surface area contributed by atoms with Crippen LogP contribution in [0.15, 0.2) is 24.3 Å². The van der Waals surface area contributed by atoms with Gasteiger partial charge >= 0.3 is 6.18 Å². The summed E-state index contributed by atoms with van der Waals surface area (Å²) in [5, 5.41) is 3.14. The molecule has 1 unspecified atom stereocenters. The van der Waals surface area contributed by atoms with Crippen LogP contribution in [0.25, 0.3) is 0 Å². The standard InChI is InChI=1S/C12H16F3NO2/c1-9(7-17-2)16-10-3-5-11(6-4-10)18-8-12(13,14)15/h3-6,9,16H,7-8H2,1-2H3. The summed E-state index contributed by atoms with van der Waals surface area (Å²) in [4.78, 5) is 0. The van der Waals surface area contributed by atoms with E-state index < -0.39 is 12.8 Å². The predicted octanol–water partition coefficient (Wildman–Crippen LogP) is 3.07. The molecular formula is C12H16F3NO2. The van der Waals surface area contributed by atoms with Gasteiger partial charge in [0.1, 0.15) is 5.75 Å². The molecule has 18 heavy (non-hydrogen) atoms. The minimum absolute atomic E-state index is 0.122. The molecule has 0 bridgehead atoms. The SMILES string of the molecule is COCC(C)Nc1ccc(OCC(F)(F)F)cc1. The lowest BCUT2D eigenvalue weighted by molar-refractivity contribution is -0.153. The third-order valence-electron chi connectivity index (χ3n) is 2.09. The lowest BCUT2D eigenvalue weighted by Gasteiger charge is -2.14. The van der Waals surface area contributed by atoms with E-state index >= 15 is 0 Å². The third-order valence-corrected chi connectivity index (χ3v) is 2.09. The van der Waals surface area contributed by atoms with Gasteiger partial charge in [0.2, 0.25) is 0 Å². The zero-order valence-electron chi connectivity index (χ0n) is 10.3. The van der Waals surface area contributed by atoms with E-state index in [1.165, 1.54) is 12.1 Å². The molecule has 0 aliphatic heterocycles. The van der Waals surface area contributed by atoms with Crippen molar-refractivity contribution >= 4 is 5.69 Å². The van der Waals surface area contributed by atoms with Gasteiger partial charge in [-0.05, 0) is 31.2 Å². The molecule has 1 aromatic carbocycles. The van der Waals surface area contributed by atoms with E-state index in [9.17, 15) is 13.2 Å². The lowest BCUT2D eigenvalue weighted by atomic mass is 10.2. The average Bonchev–Trinajstić information content (AvgIpc) is 2.27. The Kier molecular flexibility index (Phi) is 5.27. The number of hydrogen-bond acceptors (Lipinski definition) is 3. The number of ether oxygens (including phenoxy) is 2. The van der Waals surface area contributed by atoms with Gasteiger partial charge in [0, 0.05) is 18.8 Å². The maximum atomic E-state index is 11.9. The van der Waals surface area contributed by atoms with Crippen molar-refractivity contribution in [2.24, 2.45) is 0 Å². The fourth-order valence-electron chi connectivity index (χ4n) is 1.39. The van der Waals surface area contributed by atoms with Crippen LogP contribution in [0.3, 0.4) is 0 Å². The van der Waals surface area contributed by atoms with Crippen LogP contribution in [-0.4, -0.2) is 32.5 Å². The van der Waals surface area contributed by atoms with Gasteiger partial charge in [-0.1, -0.05) is 0 Å². The normalized spacial score (nSPS) is 13.2. The quantitative estimate of drug-likeness (QED) is 0.855. The summed E-state index contributed by atoms with van der Waals surface area (Å²) in [7, 11) is 1.60. The van der Waals surface area contributed by atoms with Crippen LogP contribution in [0.2, 0.25) is 0 Å². The lowest BCUT2D eigenvalue weighted by Crippen LogP contribution is -2.21. The molecule has 1 rings (SSSR count). The minimum atomic E-state index is -4.32. The van der Waals surface area contributed by atoms with Gasteiger partial charge in [0.15, 0.2) is 6.61 Å². The summed E-state index contributed by atoms with van der Waals surface area (Å²) < 4.78 is 45.3. The first-order valence-electron chi connectivity index (χ1n) is 5.46. The highest BCUT2D eigenvalue weighted by Crippen LogP contribution is 2.20. The minimum Gasteiger partial charge on any atom is -0.484 e. The zero-order valence-corrected chi connectivity index (χ0v) is 10.3. The highest BCUT2D eigenvalue weighted by Gasteiger charge is 2.28. The molecular weight excluding hydrogens is 247 g/mol. The van der Waals surface area contributed by atoms with Gasteiger partial charge in [-0.3, -0.25) is 0 Å². The van der Waals surface area contributed by atoms with Gasteiger partial charge < -0.3 is 14.8 Å². The number of nitrogens with one attached hydrogen (secondary N) is 1. The van der Waals surface area contributed by atoms with Crippen LogP contribution in [0.1, 0.15) is 6.92 Å². The maximum absolute atomic E-state index is 11.9. The molecule has 1 N–H and O–H groups in total. The molecule has 1 aromatic rings. The number of halogens is 3. The number of methoxy groups -OCH3 is 1. The fourth-order valence-corrected chi connectivity index (χ4v) is 1.39. The molecule has 0 radical (unpaired) electrons. The molecule has 0 saturated heterocycles. The van der Waals surface area contributed by atoms with E-state index in [0.29, 0.717) is 6.61 Å². The molecule has 1 atom stereocenters. The van der Waals surface area contributed by atoms with Crippen LogP contribution >= 0.6 is 0 Å². The van der Waals surface area contributed by atoms with Gasteiger partial charge in [0.25, 0.3) is 0 Å². The number of anilines is 1. The Bertz CT molecular complexity index is 351. The monoisotopic (exact) mass is 263 g/mol. The van der Waals surface area contributed by atoms with E-state index in [1.807, 2.05) is 6.92 Å². The van der Waals surface area contributed by atoms with Crippen molar-refractivity contribution in [1.82, 2.24) is 0 Å². The molecule has 102 valence electrons. The molecule has 3 nitrogen and oxygen atoms in total. The Morgan fingerprint density at radius 1 is 1.22 bits per heavy atom. The summed E-state index contributed by atoms with van der Waals surface area (Å²) in [5.74, 6) is 0.192. The number of hydrogen-bond donors (Lipinski definition) is 1. The largest absolute Gasteiger partial charge is 0.484 e. The van der Waals surface area contributed by atoms with Gasteiger partial charge in [-0.25, -0.2) is 0 Å². The van der Waals surface area contributed by atoms with Crippen LogP contribution in [0.4, 0.5) is 18.9 Å². The Morgan fingerprint density at radius 3 is 2.33 bits per heavy atom. The summed E-state index contributed by atoms with van der Waals surface area (Å²) in [6.07, 6.45) is -4.32. The van der Waals surface area contributed by atoms with E-state index in [-0.39, 0.29) is 11.8 Å². The van der Waals surface area contributed by atoms with E-state index in [2.05, 4.69) is 10.1 Å². The second kappa shape index (κ2) is 6.49. The fraction of sp³-hybridized carbons (Fsp3) is 0.500. The Balaban J connectivity index is 2.47. The number of rotatable bonds is 6. The first kappa shape index (κ1) is 14.6. The van der Waals surface area contributed by atoms with Gasteiger partial charge in [0.05, 0.1) is 6.61 Å². The van der Waals surface area contributed by atoms with Crippen molar-refractivity contribution < 1.29 is 22.6 Å². The number of benzene rings is 1. The van der Waals surface area contributed by atoms with Crippen molar-refractivity contribution in [1.29, 1.82) is 0 Å². The first-order valence-corrected chi connectivity index (χ1v) is 5.46. The highest BCUT2D eigenvalue weighted by molar-refractivity contribution is 5.46. The average molecular weight is 263 g/mol. The van der Waals surface area contributed by atoms with Crippen molar-refractivity contribution in [2.75, 3.05) is 25.6 Å². The summed E-state index contributed by atoms with van der Waals surface area (Å²) in [6, 6.07) is 6.44. The van der Waals surface area contributed by atoms with E-state index in [0.717, 1.165) is 5.69 Å². The smallest absolute Gasteiger partial charge is 0.422 e. The molecule has 0 aromatic heterocycles. The Morgan fingerprint density at radius 2 is 1.83 bits per heavy atom. The number of alkyl halides is 3. The predicted molar refractivity (Wildman–Crippen MR) is 63.0 cm³/mol. The summed E-state index contributed by atoms with van der Waals surface area (Å²) >= 11 is 0. The topological polar surface area (TPSA) is 30.5 Å². The second-order valence-corrected chi connectivity index (χ2v) is 3.93. The molecule has 0 amide bonds. The van der Waals surface area contributed by atoms with Crippen molar-refractivity contribution in [2.45, 2.75) is 19.1 Å². The first-order chi connectivity index (χ1) is 8.40. The third kappa shape index (κ3) is 5.77. The van der Waals surface area contributed by atoms with E-state index in [1.54, 1.807) is 19.2 Å². The summed E-state index contributed by atoms with van der Waals surface area (Å²) in [5.41, 5.74) is 0.805. The van der Waals surface area contributed by atoms with Crippen LogP contribution in [-0.2, 0) is 4.74 Å².